The van der Waals surface area contributed by atoms with Crippen LogP contribution in [0.5, 0.6) is 0 Å². The van der Waals surface area contributed by atoms with Gasteiger partial charge in [0.2, 0.25) is 0 Å². The molecule has 0 amide bonds. The van der Waals surface area contributed by atoms with Gasteiger partial charge >= 0.3 is 0 Å². The standard InChI is InChI=1S/C15H12BrFO2/c16-13-7-3-1-5-11(13)9-19-10-15(18)12-6-2-4-8-14(12)17/h1-8H,9-10H2. The van der Waals surface area contributed by atoms with Gasteiger partial charge in [0.25, 0.3) is 0 Å². The van der Waals surface area contributed by atoms with Crippen molar-refractivity contribution in [2.45, 2.75) is 6.61 Å². The van der Waals surface area contributed by atoms with Gasteiger partial charge in [-0.05, 0) is 23.8 Å². The van der Waals surface area contributed by atoms with Gasteiger partial charge in [-0.2, -0.15) is 0 Å². The first-order valence-corrected chi connectivity index (χ1v) is 6.56. The van der Waals surface area contributed by atoms with Crippen LogP contribution in [0, 0.1) is 5.82 Å². The van der Waals surface area contributed by atoms with Crippen molar-refractivity contribution in [2.75, 3.05) is 6.61 Å². The third-order valence-corrected chi connectivity index (χ3v) is 3.40. The van der Waals surface area contributed by atoms with Crippen molar-refractivity contribution in [3.8, 4) is 0 Å². The first kappa shape index (κ1) is 13.9. The van der Waals surface area contributed by atoms with Gasteiger partial charge < -0.3 is 4.74 Å². The number of carbonyl (C=O) groups is 1. The number of ether oxygens (including phenoxy) is 1. The molecule has 19 heavy (non-hydrogen) atoms. The van der Waals surface area contributed by atoms with Crippen molar-refractivity contribution < 1.29 is 13.9 Å². The number of hydrogen-bond acceptors (Lipinski definition) is 2. The van der Waals surface area contributed by atoms with E-state index in [9.17, 15) is 9.18 Å². The zero-order valence-electron chi connectivity index (χ0n) is 10.1. The fourth-order valence-corrected chi connectivity index (χ4v) is 2.03. The molecule has 0 radical (unpaired) electrons. The lowest BCUT2D eigenvalue weighted by molar-refractivity contribution is 0.0721. The Morgan fingerprint density at radius 1 is 1.11 bits per heavy atom. The van der Waals surface area contributed by atoms with E-state index >= 15 is 0 Å². The van der Waals surface area contributed by atoms with E-state index in [1.165, 1.54) is 12.1 Å². The minimum atomic E-state index is -0.517. The first-order valence-electron chi connectivity index (χ1n) is 5.77. The Labute approximate surface area is 119 Å². The summed E-state index contributed by atoms with van der Waals surface area (Å²) in [6, 6.07) is 13.5. The fraction of sp³-hybridized carbons (Fsp3) is 0.133. The molecule has 2 rings (SSSR count). The smallest absolute Gasteiger partial charge is 0.191 e. The second-order valence-electron chi connectivity index (χ2n) is 3.99. The summed E-state index contributed by atoms with van der Waals surface area (Å²) in [6.45, 7) is 0.171. The molecule has 0 N–H and O–H groups in total. The van der Waals surface area contributed by atoms with E-state index in [2.05, 4.69) is 15.9 Å². The van der Waals surface area contributed by atoms with Gasteiger partial charge in [0.05, 0.1) is 12.2 Å². The second kappa shape index (κ2) is 6.59. The molecule has 2 aromatic carbocycles. The summed E-state index contributed by atoms with van der Waals surface area (Å²) in [5, 5.41) is 0. The van der Waals surface area contributed by atoms with Gasteiger partial charge in [-0.1, -0.05) is 46.3 Å². The fourth-order valence-electron chi connectivity index (χ4n) is 1.63. The highest BCUT2D eigenvalue weighted by atomic mass is 79.9. The summed E-state index contributed by atoms with van der Waals surface area (Å²) < 4.78 is 19.6. The highest BCUT2D eigenvalue weighted by molar-refractivity contribution is 9.10. The molecular formula is C15H12BrFO2. The number of rotatable bonds is 5. The van der Waals surface area contributed by atoms with Crippen LogP contribution in [0.3, 0.4) is 0 Å². The van der Waals surface area contributed by atoms with Crippen LogP contribution in [0.15, 0.2) is 53.0 Å². The Bertz CT molecular complexity index is 584. The molecule has 0 heterocycles. The van der Waals surface area contributed by atoms with Crippen LogP contribution in [-0.2, 0) is 11.3 Å². The number of hydrogen-bond donors (Lipinski definition) is 0. The summed E-state index contributed by atoms with van der Waals surface area (Å²) in [4.78, 5) is 11.8. The normalized spacial score (nSPS) is 10.4. The molecule has 0 unspecified atom stereocenters. The summed E-state index contributed by atoms with van der Waals surface area (Å²) in [5.74, 6) is -0.873. The number of carbonyl (C=O) groups excluding carboxylic acids is 1. The van der Waals surface area contributed by atoms with E-state index in [-0.39, 0.29) is 18.0 Å². The molecule has 0 spiro atoms. The van der Waals surface area contributed by atoms with E-state index in [1.807, 2.05) is 24.3 Å². The minimum absolute atomic E-state index is 0.0645. The van der Waals surface area contributed by atoms with E-state index in [4.69, 9.17) is 4.74 Å². The molecule has 0 saturated heterocycles. The summed E-state index contributed by atoms with van der Waals surface area (Å²) in [5.41, 5.74) is 1.01. The first-order chi connectivity index (χ1) is 9.18. The number of ketones is 1. The predicted octanol–water partition coefficient (Wildman–Crippen LogP) is 3.99. The molecule has 0 aliphatic carbocycles. The second-order valence-corrected chi connectivity index (χ2v) is 4.84. The molecule has 0 aromatic heterocycles. The minimum Gasteiger partial charge on any atom is -0.369 e. The van der Waals surface area contributed by atoms with E-state index < -0.39 is 5.82 Å². The lowest BCUT2D eigenvalue weighted by Gasteiger charge is -2.06. The van der Waals surface area contributed by atoms with Crippen molar-refractivity contribution >= 4 is 21.7 Å². The maximum atomic E-state index is 13.4. The van der Waals surface area contributed by atoms with E-state index in [0.717, 1.165) is 10.0 Å². The largest absolute Gasteiger partial charge is 0.369 e. The lowest BCUT2D eigenvalue weighted by atomic mass is 10.1. The Morgan fingerprint density at radius 2 is 1.79 bits per heavy atom. The lowest BCUT2D eigenvalue weighted by Crippen LogP contribution is -2.11. The Kier molecular flexibility index (Phi) is 4.82. The summed E-state index contributed by atoms with van der Waals surface area (Å²) in [6.07, 6.45) is 0. The Hall–Kier alpha value is -1.52. The molecule has 0 atom stereocenters. The third-order valence-electron chi connectivity index (χ3n) is 2.62. The monoisotopic (exact) mass is 322 g/mol. The average Bonchev–Trinajstić information content (AvgIpc) is 2.41. The van der Waals surface area contributed by atoms with Gasteiger partial charge in [-0.3, -0.25) is 4.79 Å². The van der Waals surface area contributed by atoms with Crippen LogP contribution >= 0.6 is 15.9 Å². The average molecular weight is 323 g/mol. The SMILES string of the molecule is O=C(COCc1ccccc1Br)c1ccccc1F. The topological polar surface area (TPSA) is 26.3 Å². The van der Waals surface area contributed by atoms with Crippen molar-refractivity contribution in [1.29, 1.82) is 0 Å². The van der Waals surface area contributed by atoms with E-state index in [0.29, 0.717) is 6.61 Å². The van der Waals surface area contributed by atoms with Crippen molar-refractivity contribution in [3.63, 3.8) is 0 Å². The molecule has 98 valence electrons. The maximum absolute atomic E-state index is 13.4. The van der Waals surface area contributed by atoms with Crippen LogP contribution in [-0.4, -0.2) is 12.4 Å². The maximum Gasteiger partial charge on any atom is 0.191 e. The summed E-state index contributed by atoms with van der Waals surface area (Å²) in [7, 11) is 0. The number of halogens is 2. The highest BCUT2D eigenvalue weighted by Crippen LogP contribution is 2.16. The van der Waals surface area contributed by atoms with Gasteiger partial charge in [-0.15, -0.1) is 0 Å². The zero-order chi connectivity index (χ0) is 13.7. The predicted molar refractivity (Wildman–Crippen MR) is 74.5 cm³/mol. The van der Waals surface area contributed by atoms with Crippen LogP contribution in [0.1, 0.15) is 15.9 Å². The molecule has 0 aliphatic rings. The highest BCUT2D eigenvalue weighted by Gasteiger charge is 2.11. The number of Topliss-reactive ketones (excluding diaryl/α,β-unsaturated/α-hetero) is 1. The summed E-state index contributed by atoms with van der Waals surface area (Å²) >= 11 is 3.40. The molecular weight excluding hydrogens is 311 g/mol. The van der Waals surface area contributed by atoms with Gasteiger partial charge in [0, 0.05) is 4.47 Å². The molecule has 0 saturated carbocycles. The van der Waals surface area contributed by atoms with Crippen LogP contribution in [0.2, 0.25) is 0 Å². The van der Waals surface area contributed by atoms with Gasteiger partial charge in [0.15, 0.2) is 5.78 Å². The van der Waals surface area contributed by atoms with Crippen LogP contribution in [0.25, 0.3) is 0 Å². The van der Waals surface area contributed by atoms with Crippen LogP contribution in [0.4, 0.5) is 4.39 Å². The zero-order valence-corrected chi connectivity index (χ0v) is 11.7. The number of benzene rings is 2. The Balaban J connectivity index is 1.92. The van der Waals surface area contributed by atoms with Crippen molar-refractivity contribution in [2.24, 2.45) is 0 Å². The Morgan fingerprint density at radius 3 is 2.53 bits per heavy atom. The van der Waals surface area contributed by atoms with Gasteiger partial charge in [-0.25, -0.2) is 4.39 Å². The van der Waals surface area contributed by atoms with E-state index in [1.54, 1.807) is 12.1 Å². The molecule has 0 bridgehead atoms. The van der Waals surface area contributed by atoms with Gasteiger partial charge in [0.1, 0.15) is 12.4 Å². The van der Waals surface area contributed by atoms with Crippen LogP contribution < -0.4 is 0 Å². The van der Waals surface area contributed by atoms with Crippen molar-refractivity contribution in [1.82, 2.24) is 0 Å². The molecule has 2 aromatic rings. The molecule has 2 nitrogen and oxygen atoms in total. The quantitative estimate of drug-likeness (QED) is 0.778. The third kappa shape index (κ3) is 3.72. The van der Waals surface area contributed by atoms with Crippen molar-refractivity contribution in [3.05, 3.63) is 69.9 Å². The molecule has 0 aliphatic heterocycles. The molecule has 4 heteroatoms. The molecule has 0 fully saturated rings.